The van der Waals surface area contributed by atoms with E-state index < -0.39 is 11.7 Å². The lowest BCUT2D eigenvalue weighted by Crippen LogP contribution is -2.22. The number of amides is 1. The quantitative estimate of drug-likeness (QED) is 0.292. The van der Waals surface area contributed by atoms with E-state index in [2.05, 4.69) is 15.6 Å². The molecule has 0 aliphatic carbocycles. The standard InChI is InChI=1S/C23H21ClFN5O3/c1-30(7-8-31)6-2-3-22(33)29-20-10-16-19(11-21(20)32)27-13-14(12-26)23(16)28-15-4-5-18(25)17(24)9-15/h2-5,9-11,13,31-32H,6-8H2,1H3,(H,27,28)(H,29,33)/b3-2+. The molecule has 0 spiro atoms. The highest BCUT2D eigenvalue weighted by atomic mass is 35.5. The van der Waals surface area contributed by atoms with Crippen molar-refractivity contribution < 1.29 is 19.4 Å². The molecule has 33 heavy (non-hydrogen) atoms. The number of benzene rings is 2. The van der Waals surface area contributed by atoms with Gasteiger partial charge in [0.15, 0.2) is 0 Å². The van der Waals surface area contributed by atoms with Crippen LogP contribution in [0.5, 0.6) is 5.75 Å². The molecular formula is C23H21ClFN5O3. The van der Waals surface area contributed by atoms with Gasteiger partial charge in [0.2, 0.25) is 5.91 Å². The van der Waals surface area contributed by atoms with Gasteiger partial charge in [-0.25, -0.2) is 4.39 Å². The highest BCUT2D eigenvalue weighted by molar-refractivity contribution is 6.31. The van der Waals surface area contributed by atoms with Crippen LogP contribution in [0.4, 0.5) is 21.5 Å². The molecule has 2 aromatic carbocycles. The number of anilines is 3. The second kappa shape index (κ2) is 10.7. The number of carbonyl (C=O) groups excluding carboxylic acids is 1. The number of nitriles is 1. The van der Waals surface area contributed by atoms with Crippen LogP contribution in [0.1, 0.15) is 5.56 Å². The molecular weight excluding hydrogens is 449 g/mol. The second-order valence-electron chi connectivity index (χ2n) is 7.18. The van der Waals surface area contributed by atoms with E-state index in [4.69, 9.17) is 16.7 Å². The predicted octanol–water partition coefficient (Wildman–Crippen LogP) is 3.77. The van der Waals surface area contributed by atoms with E-state index in [1.165, 1.54) is 42.6 Å². The summed E-state index contributed by atoms with van der Waals surface area (Å²) in [5.41, 5.74) is 1.51. The number of nitrogens with one attached hydrogen (secondary N) is 2. The van der Waals surface area contributed by atoms with Gasteiger partial charge in [0.1, 0.15) is 17.6 Å². The molecule has 0 bridgehead atoms. The maximum atomic E-state index is 13.5. The van der Waals surface area contributed by atoms with Crippen molar-refractivity contribution in [3.05, 3.63) is 65.1 Å². The number of aromatic nitrogens is 1. The van der Waals surface area contributed by atoms with Crippen LogP contribution >= 0.6 is 11.6 Å². The van der Waals surface area contributed by atoms with Crippen LogP contribution in [-0.4, -0.2) is 52.7 Å². The van der Waals surface area contributed by atoms with Crippen molar-refractivity contribution in [3.8, 4) is 11.8 Å². The van der Waals surface area contributed by atoms with E-state index in [-0.39, 0.29) is 28.6 Å². The Morgan fingerprint density at radius 1 is 1.36 bits per heavy atom. The van der Waals surface area contributed by atoms with Crippen molar-refractivity contribution in [1.29, 1.82) is 5.26 Å². The molecule has 0 aliphatic heterocycles. The molecule has 0 radical (unpaired) electrons. The number of fused-ring (bicyclic) bond motifs is 1. The van der Waals surface area contributed by atoms with Gasteiger partial charge < -0.3 is 25.7 Å². The Bertz CT molecular complexity index is 1260. The number of nitrogens with zero attached hydrogens (tertiary/aromatic N) is 3. The number of phenolic OH excluding ortho intramolecular Hbond substituents is 1. The number of hydrogen-bond donors (Lipinski definition) is 4. The Labute approximate surface area is 194 Å². The number of rotatable bonds is 8. The van der Waals surface area contributed by atoms with Crippen LogP contribution < -0.4 is 10.6 Å². The Morgan fingerprint density at radius 2 is 2.15 bits per heavy atom. The summed E-state index contributed by atoms with van der Waals surface area (Å²) in [5.74, 6) is -1.24. The van der Waals surface area contributed by atoms with Crippen LogP contribution in [0.2, 0.25) is 5.02 Å². The molecule has 0 atom stereocenters. The molecule has 3 rings (SSSR count). The Morgan fingerprint density at radius 3 is 2.85 bits per heavy atom. The van der Waals surface area contributed by atoms with Crippen molar-refractivity contribution in [3.63, 3.8) is 0 Å². The maximum Gasteiger partial charge on any atom is 0.248 e. The monoisotopic (exact) mass is 469 g/mol. The first-order chi connectivity index (χ1) is 15.8. The number of hydrogen-bond acceptors (Lipinski definition) is 7. The molecule has 3 aromatic rings. The van der Waals surface area contributed by atoms with E-state index in [0.717, 1.165) is 0 Å². The van der Waals surface area contributed by atoms with Gasteiger partial charge in [-0.3, -0.25) is 9.78 Å². The summed E-state index contributed by atoms with van der Waals surface area (Å²) in [6, 6.07) is 8.95. The van der Waals surface area contributed by atoms with Gasteiger partial charge in [0.25, 0.3) is 0 Å². The van der Waals surface area contributed by atoms with E-state index in [1.54, 1.807) is 13.1 Å². The maximum absolute atomic E-state index is 13.5. The van der Waals surface area contributed by atoms with Crippen LogP contribution in [0.15, 0.2) is 48.7 Å². The first-order valence-electron chi connectivity index (χ1n) is 9.87. The van der Waals surface area contributed by atoms with Crippen molar-refractivity contribution in [2.75, 3.05) is 37.4 Å². The first kappa shape index (κ1) is 23.9. The van der Waals surface area contributed by atoms with Crippen LogP contribution in [0.25, 0.3) is 10.9 Å². The summed E-state index contributed by atoms with van der Waals surface area (Å²) in [4.78, 5) is 18.3. The summed E-state index contributed by atoms with van der Waals surface area (Å²) < 4.78 is 13.5. The highest BCUT2D eigenvalue weighted by Crippen LogP contribution is 2.35. The summed E-state index contributed by atoms with van der Waals surface area (Å²) in [6.07, 6.45) is 4.30. The van der Waals surface area contributed by atoms with Gasteiger partial charge in [-0.05, 0) is 31.3 Å². The molecule has 0 aliphatic rings. The summed E-state index contributed by atoms with van der Waals surface area (Å²) in [6.45, 7) is 0.947. The van der Waals surface area contributed by atoms with Crippen LogP contribution in [0.3, 0.4) is 0 Å². The third kappa shape index (κ3) is 5.96. The number of aromatic hydroxyl groups is 1. The van der Waals surface area contributed by atoms with Crippen molar-refractivity contribution in [1.82, 2.24) is 9.88 Å². The third-order valence-corrected chi connectivity index (χ3v) is 5.01. The van der Waals surface area contributed by atoms with Crippen molar-refractivity contribution >= 4 is 45.5 Å². The van der Waals surface area contributed by atoms with E-state index >= 15 is 0 Å². The fourth-order valence-electron chi connectivity index (χ4n) is 3.04. The van der Waals surface area contributed by atoms with Crippen LogP contribution in [-0.2, 0) is 4.79 Å². The fraction of sp³-hybridized carbons (Fsp3) is 0.174. The zero-order valence-corrected chi connectivity index (χ0v) is 18.4. The number of halogens is 2. The summed E-state index contributed by atoms with van der Waals surface area (Å²) >= 11 is 5.86. The fourth-order valence-corrected chi connectivity index (χ4v) is 3.22. The largest absolute Gasteiger partial charge is 0.506 e. The van der Waals surface area contributed by atoms with Gasteiger partial charge >= 0.3 is 0 Å². The average Bonchev–Trinajstić information content (AvgIpc) is 2.77. The smallest absolute Gasteiger partial charge is 0.248 e. The molecule has 0 saturated carbocycles. The lowest BCUT2D eigenvalue weighted by Gasteiger charge is -2.14. The Kier molecular flexibility index (Phi) is 7.79. The normalized spacial score (nSPS) is 11.2. The zero-order valence-electron chi connectivity index (χ0n) is 17.6. The lowest BCUT2D eigenvalue weighted by atomic mass is 10.1. The number of phenols is 1. The molecule has 0 saturated heterocycles. The predicted molar refractivity (Wildman–Crippen MR) is 125 cm³/mol. The van der Waals surface area contributed by atoms with E-state index in [1.807, 2.05) is 11.0 Å². The summed E-state index contributed by atoms with van der Waals surface area (Å²) in [5, 5.41) is 34.8. The minimum absolute atomic E-state index is 0.0146. The second-order valence-corrected chi connectivity index (χ2v) is 7.58. The number of aliphatic hydroxyl groups is 1. The number of pyridine rings is 1. The molecule has 4 N–H and O–H groups in total. The third-order valence-electron chi connectivity index (χ3n) is 4.72. The first-order valence-corrected chi connectivity index (χ1v) is 10.2. The molecule has 170 valence electrons. The summed E-state index contributed by atoms with van der Waals surface area (Å²) in [7, 11) is 1.80. The van der Waals surface area contributed by atoms with Crippen LogP contribution in [0, 0.1) is 17.1 Å². The van der Waals surface area contributed by atoms with Crippen molar-refractivity contribution in [2.45, 2.75) is 0 Å². The van der Waals surface area contributed by atoms with E-state index in [0.29, 0.717) is 35.4 Å². The van der Waals surface area contributed by atoms with E-state index in [9.17, 15) is 19.6 Å². The van der Waals surface area contributed by atoms with Gasteiger partial charge in [-0.15, -0.1) is 0 Å². The number of carbonyl (C=O) groups is 1. The molecule has 10 heteroatoms. The zero-order chi connectivity index (χ0) is 24.0. The molecule has 0 fully saturated rings. The van der Waals surface area contributed by atoms with Gasteiger partial charge in [0.05, 0.1) is 34.1 Å². The highest BCUT2D eigenvalue weighted by Gasteiger charge is 2.14. The number of likely N-dealkylation sites (N-methyl/N-ethyl adjacent to an activating group) is 1. The number of aliphatic hydroxyl groups excluding tert-OH is 1. The molecule has 8 nitrogen and oxygen atoms in total. The van der Waals surface area contributed by atoms with Gasteiger partial charge in [-0.1, -0.05) is 17.7 Å². The average molecular weight is 470 g/mol. The Balaban J connectivity index is 1.93. The molecule has 1 aromatic heterocycles. The van der Waals surface area contributed by atoms with Gasteiger partial charge in [-0.2, -0.15) is 5.26 Å². The lowest BCUT2D eigenvalue weighted by molar-refractivity contribution is -0.111. The Hall–Kier alpha value is -3.71. The van der Waals surface area contributed by atoms with Gasteiger partial charge in [0, 0.05) is 42.5 Å². The van der Waals surface area contributed by atoms with Crippen molar-refractivity contribution in [2.24, 2.45) is 0 Å². The molecule has 1 heterocycles. The topological polar surface area (TPSA) is 122 Å². The molecule has 1 amide bonds. The SMILES string of the molecule is CN(C/C=C/C(=O)Nc1cc2c(Nc3ccc(F)c(Cl)c3)c(C#N)cnc2cc1O)CCO. The minimum atomic E-state index is -0.576. The molecule has 0 unspecified atom stereocenters. The minimum Gasteiger partial charge on any atom is -0.506 e.